The molecule has 0 aliphatic carbocycles. The summed E-state index contributed by atoms with van der Waals surface area (Å²) in [6.45, 7) is -0.0186. The van der Waals surface area contributed by atoms with Crippen LogP contribution in [0.2, 0.25) is 10.0 Å². The third kappa shape index (κ3) is 4.79. The lowest BCUT2D eigenvalue weighted by Gasteiger charge is -2.16. The van der Waals surface area contributed by atoms with E-state index in [0.29, 0.717) is 22.4 Å². The smallest absolute Gasteiger partial charge is 0.420 e. The summed E-state index contributed by atoms with van der Waals surface area (Å²) in [5.74, 6) is -0.663. The molecule has 6 nitrogen and oxygen atoms in total. The van der Waals surface area contributed by atoms with Crippen LogP contribution in [-0.2, 0) is 12.7 Å². The molecule has 4 aromatic rings. The van der Waals surface area contributed by atoms with Crippen molar-refractivity contribution in [3.05, 3.63) is 80.3 Å². The fraction of sp³-hybridized carbons (Fsp3) is 0.100. The number of pyridine rings is 2. The average Bonchev–Trinajstić information content (AvgIpc) is 3.05. The van der Waals surface area contributed by atoms with Gasteiger partial charge in [0.1, 0.15) is 22.8 Å². The van der Waals surface area contributed by atoms with E-state index in [9.17, 15) is 18.0 Å². The number of aromatic amines is 1. The predicted octanol–water partition coefficient (Wildman–Crippen LogP) is 5.89. The molecule has 1 aromatic carbocycles. The largest absolute Gasteiger partial charge is 0.451 e. The molecule has 0 saturated heterocycles. The van der Waals surface area contributed by atoms with Gasteiger partial charge in [0.25, 0.3) is 5.56 Å². The van der Waals surface area contributed by atoms with Gasteiger partial charge in [-0.1, -0.05) is 23.2 Å². The van der Waals surface area contributed by atoms with Crippen LogP contribution >= 0.6 is 35.6 Å². The highest BCUT2D eigenvalue weighted by molar-refractivity contribution is 6.34. The molecule has 0 atom stereocenters. The number of hydrogen-bond donors (Lipinski definition) is 2. The highest BCUT2D eigenvalue weighted by Crippen LogP contribution is 2.37. The first-order chi connectivity index (χ1) is 14.6. The highest BCUT2D eigenvalue weighted by Gasteiger charge is 2.36. The van der Waals surface area contributed by atoms with Gasteiger partial charge in [-0.3, -0.25) is 4.79 Å². The number of alkyl halides is 3. The van der Waals surface area contributed by atoms with Crippen LogP contribution in [0.4, 0.5) is 19.0 Å². The monoisotopic (exact) mass is 504 g/mol. The molecule has 32 heavy (non-hydrogen) atoms. The number of nitrogen functional groups attached to an aromatic ring is 1. The summed E-state index contributed by atoms with van der Waals surface area (Å²) >= 11 is 11.8. The Kier molecular flexibility index (Phi) is 6.64. The maximum Gasteiger partial charge on any atom is 0.420 e. The molecule has 168 valence electrons. The van der Waals surface area contributed by atoms with Crippen molar-refractivity contribution in [3.63, 3.8) is 0 Å². The van der Waals surface area contributed by atoms with Gasteiger partial charge in [0.05, 0.1) is 6.54 Å². The second kappa shape index (κ2) is 8.93. The van der Waals surface area contributed by atoms with Crippen molar-refractivity contribution in [1.82, 2.24) is 14.5 Å². The predicted molar refractivity (Wildman–Crippen MR) is 119 cm³/mol. The molecule has 0 fully saturated rings. The van der Waals surface area contributed by atoms with Gasteiger partial charge in [-0.25, -0.2) is 4.98 Å². The lowest BCUT2D eigenvalue weighted by Crippen LogP contribution is -2.25. The first-order valence-corrected chi connectivity index (χ1v) is 9.54. The van der Waals surface area contributed by atoms with Crippen molar-refractivity contribution >= 4 is 52.5 Å². The van der Waals surface area contributed by atoms with Gasteiger partial charge in [0.15, 0.2) is 0 Å². The number of aromatic nitrogens is 3. The number of H-pyrrole nitrogens is 1. The van der Waals surface area contributed by atoms with Crippen LogP contribution in [0, 0.1) is 0 Å². The van der Waals surface area contributed by atoms with Crippen LogP contribution in [-0.4, -0.2) is 14.5 Å². The van der Waals surface area contributed by atoms with Crippen molar-refractivity contribution in [1.29, 1.82) is 0 Å². The zero-order valence-electron chi connectivity index (χ0n) is 15.9. The third-order valence-electron chi connectivity index (χ3n) is 4.47. The van der Waals surface area contributed by atoms with Crippen LogP contribution in [0.5, 0.6) is 11.5 Å². The van der Waals surface area contributed by atoms with Gasteiger partial charge in [0.2, 0.25) is 5.75 Å². The van der Waals surface area contributed by atoms with Gasteiger partial charge in [-0.05, 0) is 42.0 Å². The first kappa shape index (κ1) is 23.8. The molecule has 0 aliphatic rings. The summed E-state index contributed by atoms with van der Waals surface area (Å²) in [4.78, 5) is 20.0. The summed E-state index contributed by atoms with van der Waals surface area (Å²) in [5, 5.41) is 0.987. The van der Waals surface area contributed by atoms with E-state index >= 15 is 0 Å². The zero-order chi connectivity index (χ0) is 22.3. The van der Waals surface area contributed by atoms with Crippen molar-refractivity contribution in [2.45, 2.75) is 12.7 Å². The minimum atomic E-state index is -4.81. The standard InChI is InChI=1S/C20H13Cl2F3N4O2.ClH/c21-11-5-12(22)7-13(6-11)31-17-15(20(23,24)25)3-4-29(19(17)30)9-10-8-27-18-14(10)1-2-16(26)28-18;/h1-8H,9H2,(H3,26,27,28);1H. The van der Waals surface area contributed by atoms with E-state index in [2.05, 4.69) is 9.97 Å². The Labute approximate surface area is 195 Å². The van der Waals surface area contributed by atoms with E-state index in [1.165, 1.54) is 18.2 Å². The third-order valence-corrected chi connectivity index (χ3v) is 4.91. The highest BCUT2D eigenvalue weighted by atomic mass is 35.5. The Balaban J connectivity index is 0.00000289. The van der Waals surface area contributed by atoms with Crippen molar-refractivity contribution < 1.29 is 17.9 Å². The van der Waals surface area contributed by atoms with Crippen molar-refractivity contribution in [3.8, 4) is 11.5 Å². The molecule has 3 aromatic heterocycles. The van der Waals surface area contributed by atoms with Gasteiger partial charge in [-0.2, -0.15) is 13.2 Å². The molecule has 0 unspecified atom stereocenters. The molecule has 0 saturated carbocycles. The molecule has 0 spiro atoms. The van der Waals surface area contributed by atoms with E-state index in [4.69, 9.17) is 33.7 Å². The normalized spacial score (nSPS) is 11.4. The van der Waals surface area contributed by atoms with E-state index in [-0.39, 0.29) is 34.7 Å². The summed E-state index contributed by atoms with van der Waals surface area (Å²) < 4.78 is 47.1. The molecule has 3 heterocycles. The van der Waals surface area contributed by atoms with Crippen LogP contribution in [0.1, 0.15) is 11.1 Å². The van der Waals surface area contributed by atoms with E-state index in [1.807, 2.05) is 0 Å². The number of ether oxygens (including phenoxy) is 1. The molecule has 12 heteroatoms. The van der Waals surface area contributed by atoms with E-state index < -0.39 is 23.0 Å². The van der Waals surface area contributed by atoms with Gasteiger partial charge in [0, 0.05) is 27.8 Å². The summed E-state index contributed by atoms with van der Waals surface area (Å²) in [7, 11) is 0. The van der Waals surface area contributed by atoms with Crippen LogP contribution in [0.15, 0.2) is 53.6 Å². The van der Waals surface area contributed by atoms with E-state index in [0.717, 1.165) is 16.8 Å². The number of nitrogens with two attached hydrogens (primary N) is 1. The number of benzene rings is 1. The van der Waals surface area contributed by atoms with Gasteiger partial charge >= 0.3 is 6.18 Å². The van der Waals surface area contributed by atoms with Crippen LogP contribution in [0.3, 0.4) is 0 Å². The van der Waals surface area contributed by atoms with E-state index in [1.54, 1.807) is 18.3 Å². The molecular weight excluding hydrogens is 492 g/mol. The van der Waals surface area contributed by atoms with Crippen LogP contribution in [0.25, 0.3) is 11.0 Å². The zero-order valence-corrected chi connectivity index (χ0v) is 18.2. The molecule has 4 rings (SSSR count). The summed E-state index contributed by atoms with van der Waals surface area (Å²) in [6.07, 6.45) is -2.14. The maximum absolute atomic E-state index is 13.5. The van der Waals surface area contributed by atoms with Crippen molar-refractivity contribution in [2.75, 3.05) is 5.73 Å². The van der Waals surface area contributed by atoms with Crippen molar-refractivity contribution in [2.24, 2.45) is 0 Å². The number of fused-ring (bicyclic) bond motifs is 1. The molecule has 0 radical (unpaired) electrons. The first-order valence-electron chi connectivity index (χ1n) is 8.79. The number of nitrogens with zero attached hydrogens (tertiary/aromatic N) is 2. The van der Waals surface area contributed by atoms with Gasteiger partial charge in [-0.15, -0.1) is 12.4 Å². The maximum atomic E-state index is 13.5. The Bertz CT molecular complexity index is 1330. The number of anilines is 1. The molecule has 0 bridgehead atoms. The molecule has 0 amide bonds. The molecule has 0 aliphatic heterocycles. The Morgan fingerprint density at radius 1 is 1.12 bits per heavy atom. The topological polar surface area (TPSA) is 85.9 Å². The molecular formula is C20H14Cl3F3N4O2. The fourth-order valence-corrected chi connectivity index (χ4v) is 3.60. The lowest BCUT2D eigenvalue weighted by molar-refractivity contribution is -0.138. The Morgan fingerprint density at radius 3 is 2.47 bits per heavy atom. The fourth-order valence-electron chi connectivity index (χ4n) is 3.10. The Morgan fingerprint density at radius 2 is 1.81 bits per heavy atom. The minimum Gasteiger partial charge on any atom is -0.451 e. The summed E-state index contributed by atoms with van der Waals surface area (Å²) in [6, 6.07) is 8.01. The lowest BCUT2D eigenvalue weighted by atomic mass is 10.2. The van der Waals surface area contributed by atoms with Gasteiger partial charge < -0.3 is 20.0 Å². The number of hydrogen-bond acceptors (Lipinski definition) is 4. The quantitative estimate of drug-likeness (QED) is 0.362. The number of rotatable bonds is 4. The Hall–Kier alpha value is -2.88. The van der Waals surface area contributed by atoms with Crippen LogP contribution < -0.4 is 16.0 Å². The number of halogens is 6. The second-order valence-electron chi connectivity index (χ2n) is 6.64. The number of nitrogens with one attached hydrogen (secondary N) is 1. The average molecular weight is 506 g/mol. The minimum absolute atomic E-state index is 0. The second-order valence-corrected chi connectivity index (χ2v) is 7.52. The molecule has 3 N–H and O–H groups in total. The SMILES string of the molecule is Cl.Nc1ccc2c(Cn3ccc(C(F)(F)F)c(Oc4cc(Cl)cc(Cl)c4)c3=O)c[nH]c2n1. The summed E-state index contributed by atoms with van der Waals surface area (Å²) in [5.41, 5.74) is 4.61.